The van der Waals surface area contributed by atoms with Crippen molar-refractivity contribution >= 4 is 17.8 Å². The number of carbonyl (C=O) groups is 2. The summed E-state index contributed by atoms with van der Waals surface area (Å²) in [5, 5.41) is 2.93. The summed E-state index contributed by atoms with van der Waals surface area (Å²) in [6, 6.07) is 26.8. The van der Waals surface area contributed by atoms with Crippen molar-refractivity contribution in [3.8, 4) is 22.7 Å². The normalized spacial score (nSPS) is 10.8. The summed E-state index contributed by atoms with van der Waals surface area (Å²) >= 11 is 0. The van der Waals surface area contributed by atoms with E-state index in [0.29, 0.717) is 12.6 Å². The molecule has 1 heterocycles. The number of carbonyl (C=O) groups excluding carboxylic acids is 2. The third-order valence-electron chi connectivity index (χ3n) is 5.89. The van der Waals surface area contributed by atoms with Gasteiger partial charge >= 0.3 is 0 Å². The highest BCUT2D eigenvalue weighted by Crippen LogP contribution is 2.26. The Balaban J connectivity index is 1.59. The second kappa shape index (κ2) is 12.0. The number of benzene rings is 3. The van der Waals surface area contributed by atoms with E-state index >= 15 is 0 Å². The van der Waals surface area contributed by atoms with Gasteiger partial charge in [0, 0.05) is 23.9 Å². The molecule has 0 fully saturated rings. The minimum absolute atomic E-state index is 0.0736. The number of nitrogens with one attached hydrogen (secondary N) is 1. The Morgan fingerprint density at radius 3 is 2.35 bits per heavy atom. The van der Waals surface area contributed by atoms with Crippen LogP contribution in [0.3, 0.4) is 0 Å². The Morgan fingerprint density at radius 2 is 1.68 bits per heavy atom. The maximum absolute atomic E-state index is 13.2. The van der Waals surface area contributed by atoms with Crippen LogP contribution in [0.25, 0.3) is 16.9 Å². The quantitative estimate of drug-likeness (QED) is 0.321. The van der Waals surface area contributed by atoms with Crippen molar-refractivity contribution in [1.29, 1.82) is 0 Å². The second-order valence-corrected chi connectivity index (χ2v) is 8.94. The van der Waals surface area contributed by atoms with E-state index in [0.717, 1.165) is 28.3 Å². The molecule has 4 rings (SSSR count). The molecule has 0 saturated carbocycles. The first kappa shape index (κ1) is 25.7. The monoisotopic (exact) mass is 496 g/mol. The molecular formula is C30H32N4O3. The van der Waals surface area contributed by atoms with E-state index in [2.05, 4.69) is 5.32 Å². The lowest BCUT2D eigenvalue weighted by Crippen LogP contribution is -2.43. The summed E-state index contributed by atoms with van der Waals surface area (Å²) in [4.78, 5) is 32.5. The van der Waals surface area contributed by atoms with Gasteiger partial charge in [-0.15, -0.1) is 0 Å². The van der Waals surface area contributed by atoms with E-state index in [4.69, 9.17) is 9.72 Å². The largest absolute Gasteiger partial charge is 0.494 e. The number of anilines is 1. The van der Waals surface area contributed by atoms with Gasteiger partial charge in [0.15, 0.2) is 0 Å². The number of hydrogen-bond acceptors (Lipinski definition) is 4. The van der Waals surface area contributed by atoms with E-state index in [9.17, 15) is 9.59 Å². The predicted octanol–water partition coefficient (Wildman–Crippen LogP) is 5.36. The number of aromatic nitrogens is 2. The second-order valence-electron chi connectivity index (χ2n) is 8.94. The van der Waals surface area contributed by atoms with E-state index in [1.54, 1.807) is 4.90 Å². The minimum atomic E-state index is -0.317. The van der Waals surface area contributed by atoms with Crippen LogP contribution in [-0.2, 0) is 16.0 Å². The molecule has 1 N–H and O–H groups in total. The fraction of sp³-hybridized carbons (Fsp3) is 0.233. The number of amides is 2. The van der Waals surface area contributed by atoms with E-state index < -0.39 is 0 Å². The van der Waals surface area contributed by atoms with Crippen LogP contribution in [0, 0.1) is 0 Å². The molecule has 0 bridgehead atoms. The summed E-state index contributed by atoms with van der Waals surface area (Å²) < 4.78 is 7.50. The smallest absolute Gasteiger partial charge is 0.246 e. The third-order valence-corrected chi connectivity index (χ3v) is 5.89. The summed E-state index contributed by atoms with van der Waals surface area (Å²) in [5.74, 6) is 0.679. The highest BCUT2D eigenvalue weighted by atomic mass is 16.5. The van der Waals surface area contributed by atoms with Crippen molar-refractivity contribution in [2.24, 2.45) is 0 Å². The Kier molecular flexibility index (Phi) is 8.36. The molecular weight excluding hydrogens is 464 g/mol. The molecule has 7 heteroatoms. The van der Waals surface area contributed by atoms with Crippen molar-refractivity contribution in [2.75, 3.05) is 18.5 Å². The van der Waals surface area contributed by atoms with Gasteiger partial charge < -0.3 is 9.64 Å². The standard InChI is InChI=1S/C30H32N4O3/c1-4-37-26-17-11-16-25(19-26)34-20-27(24-14-9-6-10-15-24)31-30(34)32-28(35)21-33(22(2)3)29(36)18-23-12-7-5-8-13-23/h5-17,19-20,22H,4,18,21H2,1-3H3,(H,31,32,35). The molecule has 2 amide bonds. The molecule has 0 aliphatic heterocycles. The van der Waals surface area contributed by atoms with Crippen LogP contribution in [0.15, 0.2) is 91.1 Å². The summed E-state index contributed by atoms with van der Waals surface area (Å²) in [7, 11) is 0. The van der Waals surface area contributed by atoms with Gasteiger partial charge in [-0.05, 0) is 38.5 Å². The Bertz CT molecular complexity index is 1330. The number of imidazole rings is 1. The molecule has 0 radical (unpaired) electrons. The van der Waals surface area contributed by atoms with Gasteiger partial charge in [0.1, 0.15) is 12.3 Å². The first-order valence-electron chi connectivity index (χ1n) is 12.5. The zero-order valence-corrected chi connectivity index (χ0v) is 21.4. The van der Waals surface area contributed by atoms with Gasteiger partial charge in [-0.2, -0.15) is 0 Å². The molecule has 4 aromatic rings. The minimum Gasteiger partial charge on any atom is -0.494 e. The van der Waals surface area contributed by atoms with Crippen LogP contribution < -0.4 is 10.1 Å². The average Bonchev–Trinajstić information content (AvgIpc) is 3.32. The van der Waals surface area contributed by atoms with Crippen LogP contribution in [0.4, 0.5) is 5.95 Å². The van der Waals surface area contributed by atoms with E-state index in [1.165, 1.54) is 0 Å². The van der Waals surface area contributed by atoms with Crippen LogP contribution in [0.2, 0.25) is 0 Å². The van der Waals surface area contributed by atoms with Gasteiger partial charge in [0.05, 0.1) is 24.4 Å². The van der Waals surface area contributed by atoms with Crippen LogP contribution in [0.5, 0.6) is 5.75 Å². The number of ether oxygens (including phenoxy) is 1. The van der Waals surface area contributed by atoms with Crippen LogP contribution >= 0.6 is 0 Å². The lowest BCUT2D eigenvalue weighted by Gasteiger charge is -2.26. The summed E-state index contributed by atoms with van der Waals surface area (Å²) in [6.07, 6.45) is 2.13. The average molecular weight is 497 g/mol. The third kappa shape index (κ3) is 6.64. The molecule has 3 aromatic carbocycles. The SMILES string of the molecule is CCOc1cccc(-n2cc(-c3ccccc3)nc2NC(=O)CN(C(=O)Cc2ccccc2)C(C)C)c1. The van der Waals surface area contributed by atoms with Crippen molar-refractivity contribution in [2.45, 2.75) is 33.2 Å². The Morgan fingerprint density at radius 1 is 0.973 bits per heavy atom. The highest BCUT2D eigenvalue weighted by molar-refractivity contribution is 5.94. The van der Waals surface area contributed by atoms with Gasteiger partial charge in [-0.1, -0.05) is 66.7 Å². The summed E-state index contributed by atoms with van der Waals surface area (Å²) in [5.41, 5.74) is 3.37. The Labute approximate surface area is 217 Å². The predicted molar refractivity (Wildman–Crippen MR) is 146 cm³/mol. The summed E-state index contributed by atoms with van der Waals surface area (Å²) in [6.45, 7) is 6.22. The molecule has 0 aliphatic rings. The highest BCUT2D eigenvalue weighted by Gasteiger charge is 2.22. The zero-order chi connectivity index (χ0) is 26.2. The van der Waals surface area contributed by atoms with Crippen molar-refractivity contribution < 1.29 is 14.3 Å². The molecule has 0 aliphatic carbocycles. The van der Waals surface area contributed by atoms with E-state index in [-0.39, 0.29) is 30.8 Å². The lowest BCUT2D eigenvalue weighted by molar-refractivity contribution is -0.135. The molecule has 0 saturated heterocycles. The number of nitrogens with zero attached hydrogens (tertiary/aromatic N) is 3. The van der Waals surface area contributed by atoms with E-state index in [1.807, 2.05) is 116 Å². The molecule has 0 unspecified atom stereocenters. The van der Waals surface area contributed by atoms with Gasteiger partial charge in [0.2, 0.25) is 17.8 Å². The first-order chi connectivity index (χ1) is 17.9. The van der Waals surface area contributed by atoms with Crippen molar-refractivity contribution in [3.63, 3.8) is 0 Å². The molecule has 37 heavy (non-hydrogen) atoms. The molecule has 1 aromatic heterocycles. The maximum Gasteiger partial charge on any atom is 0.246 e. The fourth-order valence-corrected chi connectivity index (χ4v) is 4.05. The van der Waals surface area contributed by atoms with Crippen LogP contribution in [0.1, 0.15) is 26.3 Å². The Hall–Kier alpha value is -4.39. The van der Waals surface area contributed by atoms with Crippen molar-refractivity contribution in [3.05, 3.63) is 96.7 Å². The van der Waals surface area contributed by atoms with Crippen LogP contribution in [-0.4, -0.2) is 45.5 Å². The lowest BCUT2D eigenvalue weighted by atomic mass is 10.1. The first-order valence-corrected chi connectivity index (χ1v) is 12.5. The van der Waals surface area contributed by atoms with Gasteiger partial charge in [-0.25, -0.2) is 4.98 Å². The van der Waals surface area contributed by atoms with Gasteiger partial charge in [0.25, 0.3) is 0 Å². The maximum atomic E-state index is 13.2. The zero-order valence-electron chi connectivity index (χ0n) is 21.4. The number of hydrogen-bond donors (Lipinski definition) is 1. The topological polar surface area (TPSA) is 76.5 Å². The molecule has 0 spiro atoms. The number of rotatable bonds is 10. The fourth-order valence-electron chi connectivity index (χ4n) is 4.05. The molecule has 0 atom stereocenters. The molecule has 190 valence electrons. The van der Waals surface area contributed by atoms with Crippen molar-refractivity contribution in [1.82, 2.24) is 14.5 Å². The molecule has 7 nitrogen and oxygen atoms in total. The van der Waals surface area contributed by atoms with Gasteiger partial charge in [-0.3, -0.25) is 19.5 Å².